The number of amidine groups is 1. The monoisotopic (exact) mass is 279 g/mol. The molecule has 0 fully saturated rings. The molecule has 2 aliphatic rings. The number of nitrogens with two attached hydrogens (primary N) is 1. The van der Waals surface area contributed by atoms with E-state index in [1.807, 2.05) is 24.5 Å². The molecule has 0 saturated heterocycles. The van der Waals surface area contributed by atoms with E-state index in [4.69, 9.17) is 10.5 Å². The Morgan fingerprint density at radius 2 is 2.00 bits per heavy atom. The van der Waals surface area contributed by atoms with Gasteiger partial charge in [-0.1, -0.05) is 18.2 Å². The minimum atomic E-state index is -0.227. The number of aliphatic imine (C=N–C) groups is 1. The molecule has 1 aliphatic carbocycles. The van der Waals surface area contributed by atoms with Gasteiger partial charge in [0, 0.05) is 25.2 Å². The Hall–Kier alpha value is -2.36. The predicted molar refractivity (Wildman–Crippen MR) is 82.0 cm³/mol. The molecule has 2 N–H and O–H groups in total. The fraction of sp³-hybridized carbons (Fsp3) is 0.294. The first kappa shape index (κ1) is 12.4. The van der Waals surface area contributed by atoms with Crippen molar-refractivity contribution >= 4 is 6.02 Å². The van der Waals surface area contributed by atoms with Crippen LogP contribution in [0.15, 0.2) is 47.7 Å². The zero-order chi connectivity index (χ0) is 14.4. The Kier molecular flexibility index (Phi) is 2.55. The Bertz CT molecular complexity index is 726. The van der Waals surface area contributed by atoms with E-state index in [-0.39, 0.29) is 11.6 Å². The zero-order valence-corrected chi connectivity index (χ0v) is 11.9. The largest absolute Gasteiger partial charge is 0.460 e. The quantitative estimate of drug-likeness (QED) is 0.871. The molecule has 1 aromatic carbocycles. The molecule has 0 amide bonds. The average molecular weight is 279 g/mol. The van der Waals surface area contributed by atoms with Crippen LogP contribution in [-0.2, 0) is 17.6 Å². The molecule has 1 spiro atoms. The summed E-state index contributed by atoms with van der Waals surface area (Å²) >= 11 is 0. The van der Waals surface area contributed by atoms with Crippen LogP contribution in [-0.4, -0.2) is 22.6 Å². The minimum absolute atomic E-state index is 0.0233. The standard InChI is InChI=1S/C17H17N3O/c1-11-17(20-16(18)21-11)9-13-3-2-4-14(15(13)10-17)12-5-7-19-8-6-12/h2-8,11H,9-10H2,1H3,(H2,18,20). The normalized spacial score (nSPS) is 26.5. The number of nitrogens with zero attached hydrogens (tertiary/aromatic N) is 2. The number of hydrogen-bond donors (Lipinski definition) is 1. The number of pyridine rings is 1. The van der Waals surface area contributed by atoms with Gasteiger partial charge in [-0.3, -0.25) is 4.98 Å². The molecule has 0 bridgehead atoms. The molecule has 1 aliphatic heterocycles. The molecule has 21 heavy (non-hydrogen) atoms. The maximum absolute atomic E-state index is 5.78. The number of rotatable bonds is 1. The van der Waals surface area contributed by atoms with Gasteiger partial charge in [0.2, 0.25) is 0 Å². The van der Waals surface area contributed by atoms with Gasteiger partial charge in [-0.25, -0.2) is 4.99 Å². The van der Waals surface area contributed by atoms with Gasteiger partial charge >= 0.3 is 0 Å². The number of fused-ring (bicyclic) bond motifs is 1. The third-order valence-corrected chi connectivity index (χ3v) is 4.63. The summed E-state index contributed by atoms with van der Waals surface area (Å²) in [5, 5.41) is 0. The van der Waals surface area contributed by atoms with E-state index in [2.05, 4.69) is 35.1 Å². The predicted octanol–water partition coefficient (Wildman–Crippen LogP) is 2.32. The van der Waals surface area contributed by atoms with Gasteiger partial charge in [-0.2, -0.15) is 0 Å². The third-order valence-electron chi connectivity index (χ3n) is 4.63. The molecular weight excluding hydrogens is 262 g/mol. The third kappa shape index (κ3) is 1.82. The van der Waals surface area contributed by atoms with E-state index >= 15 is 0 Å². The Balaban J connectivity index is 1.81. The van der Waals surface area contributed by atoms with E-state index in [9.17, 15) is 0 Å². The highest BCUT2D eigenvalue weighted by atomic mass is 16.5. The van der Waals surface area contributed by atoms with Gasteiger partial charge in [-0.15, -0.1) is 0 Å². The van der Waals surface area contributed by atoms with Crippen LogP contribution in [0.25, 0.3) is 11.1 Å². The summed E-state index contributed by atoms with van der Waals surface area (Å²) in [4.78, 5) is 8.71. The van der Waals surface area contributed by atoms with Crippen LogP contribution in [0.4, 0.5) is 0 Å². The number of benzene rings is 1. The SMILES string of the molecule is CC1OC(N)=NC12Cc1cccc(-c3ccncc3)c1C2. The molecule has 4 heteroatoms. The minimum Gasteiger partial charge on any atom is -0.460 e. The van der Waals surface area contributed by atoms with Crippen molar-refractivity contribution in [1.29, 1.82) is 0 Å². The second-order valence-corrected chi connectivity index (χ2v) is 5.85. The lowest BCUT2D eigenvalue weighted by atomic mass is 9.90. The van der Waals surface area contributed by atoms with Crippen molar-refractivity contribution in [2.45, 2.75) is 31.4 Å². The van der Waals surface area contributed by atoms with Crippen molar-refractivity contribution in [2.24, 2.45) is 10.7 Å². The second-order valence-electron chi connectivity index (χ2n) is 5.85. The first-order chi connectivity index (χ1) is 10.2. The molecule has 2 atom stereocenters. The molecule has 1 aromatic heterocycles. The first-order valence-corrected chi connectivity index (χ1v) is 7.21. The van der Waals surface area contributed by atoms with E-state index in [0.717, 1.165) is 12.8 Å². The number of hydrogen-bond acceptors (Lipinski definition) is 4. The Morgan fingerprint density at radius 3 is 2.71 bits per heavy atom. The van der Waals surface area contributed by atoms with Crippen LogP contribution in [0.5, 0.6) is 0 Å². The number of ether oxygens (including phenoxy) is 1. The maximum atomic E-state index is 5.78. The molecular formula is C17H17N3O. The van der Waals surface area contributed by atoms with Crippen molar-refractivity contribution < 1.29 is 4.74 Å². The highest BCUT2D eigenvalue weighted by molar-refractivity contribution is 5.76. The summed E-state index contributed by atoms with van der Waals surface area (Å²) < 4.78 is 5.59. The molecule has 106 valence electrons. The van der Waals surface area contributed by atoms with Gasteiger partial charge in [0.15, 0.2) is 0 Å². The topological polar surface area (TPSA) is 60.5 Å². The number of aromatic nitrogens is 1. The molecule has 2 heterocycles. The van der Waals surface area contributed by atoms with Crippen LogP contribution in [0.2, 0.25) is 0 Å². The molecule has 0 saturated carbocycles. The Morgan fingerprint density at radius 1 is 1.19 bits per heavy atom. The van der Waals surface area contributed by atoms with Gasteiger partial charge in [-0.05, 0) is 41.3 Å². The summed E-state index contributed by atoms with van der Waals surface area (Å²) in [6.07, 6.45) is 5.45. The average Bonchev–Trinajstić information content (AvgIpc) is 2.99. The summed E-state index contributed by atoms with van der Waals surface area (Å²) in [7, 11) is 0. The highest BCUT2D eigenvalue weighted by Crippen LogP contribution is 2.43. The van der Waals surface area contributed by atoms with Gasteiger partial charge < -0.3 is 10.5 Å². The van der Waals surface area contributed by atoms with Gasteiger partial charge in [0.25, 0.3) is 6.02 Å². The fourth-order valence-corrected chi connectivity index (χ4v) is 3.50. The van der Waals surface area contributed by atoms with E-state index < -0.39 is 0 Å². The van der Waals surface area contributed by atoms with Crippen molar-refractivity contribution in [1.82, 2.24) is 4.98 Å². The summed E-state index contributed by atoms with van der Waals surface area (Å²) in [6.45, 7) is 2.06. The lowest BCUT2D eigenvalue weighted by molar-refractivity contribution is 0.157. The van der Waals surface area contributed by atoms with Crippen LogP contribution in [0.3, 0.4) is 0 Å². The summed E-state index contributed by atoms with van der Waals surface area (Å²) in [5.41, 5.74) is 10.7. The van der Waals surface area contributed by atoms with E-state index in [0.29, 0.717) is 6.02 Å². The molecule has 4 rings (SSSR count). The summed E-state index contributed by atoms with van der Waals surface area (Å²) in [5.74, 6) is 0. The highest BCUT2D eigenvalue weighted by Gasteiger charge is 2.47. The summed E-state index contributed by atoms with van der Waals surface area (Å²) in [6, 6.07) is 10.9. The Labute approximate surface area is 123 Å². The van der Waals surface area contributed by atoms with Gasteiger partial charge in [0.05, 0.1) is 0 Å². The molecule has 4 nitrogen and oxygen atoms in total. The van der Waals surface area contributed by atoms with Crippen molar-refractivity contribution in [3.05, 3.63) is 53.9 Å². The second kappa shape index (κ2) is 4.32. The van der Waals surface area contributed by atoms with Crippen molar-refractivity contribution in [2.75, 3.05) is 0 Å². The molecule has 2 unspecified atom stereocenters. The van der Waals surface area contributed by atoms with E-state index in [1.165, 1.54) is 22.3 Å². The fourth-order valence-electron chi connectivity index (χ4n) is 3.50. The molecule has 2 aromatic rings. The lowest BCUT2D eigenvalue weighted by Gasteiger charge is -2.23. The van der Waals surface area contributed by atoms with Gasteiger partial charge in [0.1, 0.15) is 11.6 Å². The van der Waals surface area contributed by atoms with E-state index in [1.54, 1.807) is 0 Å². The molecule has 0 radical (unpaired) electrons. The smallest absolute Gasteiger partial charge is 0.282 e. The van der Waals surface area contributed by atoms with Crippen LogP contribution < -0.4 is 5.73 Å². The maximum Gasteiger partial charge on any atom is 0.282 e. The van der Waals surface area contributed by atoms with Crippen molar-refractivity contribution in [3.63, 3.8) is 0 Å². The first-order valence-electron chi connectivity index (χ1n) is 7.21. The van der Waals surface area contributed by atoms with Crippen molar-refractivity contribution in [3.8, 4) is 11.1 Å². The van der Waals surface area contributed by atoms with Crippen LogP contribution in [0, 0.1) is 0 Å². The van der Waals surface area contributed by atoms with Crippen LogP contribution in [0.1, 0.15) is 18.1 Å². The zero-order valence-electron chi connectivity index (χ0n) is 11.9. The van der Waals surface area contributed by atoms with Crippen LogP contribution >= 0.6 is 0 Å². The lowest BCUT2D eigenvalue weighted by Crippen LogP contribution is -2.36.